The predicted octanol–water partition coefficient (Wildman–Crippen LogP) is 1.91. The van der Waals surface area contributed by atoms with Gasteiger partial charge in [-0.05, 0) is 69.5 Å². The van der Waals surface area contributed by atoms with Gasteiger partial charge in [-0.2, -0.15) is 0 Å². The summed E-state index contributed by atoms with van der Waals surface area (Å²) in [4.78, 5) is 14.9. The Bertz CT molecular complexity index is 830. The van der Waals surface area contributed by atoms with Crippen LogP contribution in [-0.2, 0) is 19.6 Å². The van der Waals surface area contributed by atoms with Crippen molar-refractivity contribution in [2.24, 2.45) is 0 Å². The summed E-state index contributed by atoms with van der Waals surface area (Å²) in [6.07, 6.45) is 5.31. The molecule has 1 aromatic rings. The van der Waals surface area contributed by atoms with Crippen molar-refractivity contribution in [1.82, 2.24) is 14.9 Å². The van der Waals surface area contributed by atoms with Crippen LogP contribution in [0, 0.1) is 0 Å². The summed E-state index contributed by atoms with van der Waals surface area (Å²) in [7, 11) is -3.61. The molecule has 2 fully saturated rings. The van der Waals surface area contributed by atoms with Gasteiger partial charge in [0.05, 0.1) is 23.6 Å². The third-order valence-corrected chi connectivity index (χ3v) is 7.86. The average molecular weight is 488 g/mol. The molecule has 2 saturated heterocycles. The highest BCUT2D eigenvalue weighted by Gasteiger charge is 2.32. The van der Waals surface area contributed by atoms with E-state index in [1.807, 2.05) is 0 Å². The summed E-state index contributed by atoms with van der Waals surface area (Å²) in [5.41, 5.74) is 0. The number of hydrogen-bond donors (Lipinski definition) is 3. The van der Waals surface area contributed by atoms with Crippen LogP contribution in [0.3, 0.4) is 0 Å². The molecule has 3 atom stereocenters. The Kier molecular flexibility index (Phi) is 9.76. The minimum absolute atomic E-state index is 0.0169. The molecule has 0 spiro atoms. The largest absolute Gasteiger partial charge is 0.394 e. The van der Waals surface area contributed by atoms with Crippen molar-refractivity contribution in [3.05, 3.63) is 29.3 Å². The Labute approximate surface area is 195 Å². The summed E-state index contributed by atoms with van der Waals surface area (Å²) in [6, 6.07) is 5.76. The number of amides is 1. The number of hydrogen-bond acceptors (Lipinski definition) is 6. The van der Waals surface area contributed by atoms with Gasteiger partial charge in [0.2, 0.25) is 15.9 Å². The molecule has 0 aromatic heterocycles. The van der Waals surface area contributed by atoms with E-state index in [0.717, 1.165) is 19.6 Å². The van der Waals surface area contributed by atoms with Crippen LogP contribution in [0.25, 0.3) is 0 Å². The van der Waals surface area contributed by atoms with E-state index in [2.05, 4.69) is 14.9 Å². The van der Waals surface area contributed by atoms with E-state index in [0.29, 0.717) is 30.7 Å². The third-order valence-electron chi connectivity index (χ3n) is 6.13. The number of nitrogens with zero attached hydrogens (tertiary/aromatic N) is 1. The topological polar surface area (TPSA) is 108 Å². The van der Waals surface area contributed by atoms with Crippen LogP contribution in [0.15, 0.2) is 29.2 Å². The molecule has 2 aliphatic rings. The number of piperidine rings is 1. The highest BCUT2D eigenvalue weighted by atomic mass is 35.5. The minimum atomic E-state index is -3.61. The first kappa shape index (κ1) is 25.4. The van der Waals surface area contributed by atoms with Crippen molar-refractivity contribution in [1.29, 1.82) is 0 Å². The smallest absolute Gasteiger partial charge is 0.240 e. The molecule has 180 valence electrons. The average Bonchev–Trinajstić information content (AvgIpc) is 2.79. The maximum Gasteiger partial charge on any atom is 0.240 e. The van der Waals surface area contributed by atoms with Gasteiger partial charge in [0.15, 0.2) is 0 Å². The molecule has 2 heterocycles. The van der Waals surface area contributed by atoms with Crippen molar-refractivity contribution in [3.8, 4) is 0 Å². The number of halogens is 1. The SMILES string of the molecule is O=C(CCN1CCCCC1)N[C@@H]1CC[C@@H](CCNS(=O)(=O)c2ccc(Cl)cc2)O[C@@H]1CO. The standard InChI is InChI=1S/C22H34ClN3O5S/c23-17-4-7-19(8-5-17)32(29,30)24-12-10-18-6-9-20(21(16-27)31-18)25-22(28)11-15-26-13-2-1-3-14-26/h4-5,7-8,18,20-21,24,27H,1-3,6,9-16H2,(H,25,28)/t18-,20+,21+/m0/s1. The van der Waals surface area contributed by atoms with E-state index >= 15 is 0 Å². The molecule has 3 rings (SSSR count). The van der Waals surface area contributed by atoms with Gasteiger partial charge in [-0.15, -0.1) is 0 Å². The van der Waals surface area contributed by atoms with E-state index in [9.17, 15) is 18.3 Å². The third kappa shape index (κ3) is 7.67. The molecular weight excluding hydrogens is 454 g/mol. The fraction of sp³-hybridized carbons (Fsp3) is 0.682. The van der Waals surface area contributed by atoms with Gasteiger partial charge in [-0.3, -0.25) is 4.79 Å². The number of sulfonamides is 1. The van der Waals surface area contributed by atoms with E-state index in [4.69, 9.17) is 16.3 Å². The molecule has 2 aliphatic heterocycles. The first-order valence-corrected chi connectivity index (χ1v) is 13.3. The van der Waals surface area contributed by atoms with Gasteiger partial charge in [0, 0.05) is 24.5 Å². The summed E-state index contributed by atoms with van der Waals surface area (Å²) in [5, 5.41) is 13.2. The summed E-state index contributed by atoms with van der Waals surface area (Å²) in [5.74, 6) is -0.0169. The molecule has 0 bridgehead atoms. The number of ether oxygens (including phenoxy) is 1. The molecule has 32 heavy (non-hydrogen) atoms. The Balaban J connectivity index is 1.39. The summed E-state index contributed by atoms with van der Waals surface area (Å²) < 4.78 is 33.3. The number of aliphatic hydroxyl groups excluding tert-OH is 1. The molecule has 3 N–H and O–H groups in total. The van der Waals surface area contributed by atoms with E-state index in [1.54, 1.807) is 0 Å². The molecule has 10 heteroatoms. The first-order chi connectivity index (χ1) is 15.4. The lowest BCUT2D eigenvalue weighted by Crippen LogP contribution is -2.51. The Hall–Kier alpha value is -1.23. The molecule has 0 radical (unpaired) electrons. The molecule has 1 amide bonds. The molecular formula is C22H34ClN3O5S. The van der Waals surface area contributed by atoms with Crippen LogP contribution in [0.1, 0.15) is 44.9 Å². The zero-order chi connectivity index (χ0) is 23.0. The Morgan fingerprint density at radius 1 is 1.16 bits per heavy atom. The molecule has 0 aliphatic carbocycles. The zero-order valence-corrected chi connectivity index (χ0v) is 19.9. The second-order valence-corrected chi connectivity index (χ2v) is 10.7. The lowest BCUT2D eigenvalue weighted by Gasteiger charge is -2.36. The predicted molar refractivity (Wildman–Crippen MR) is 123 cm³/mol. The van der Waals surface area contributed by atoms with Crippen molar-refractivity contribution in [2.75, 3.05) is 32.8 Å². The fourth-order valence-electron chi connectivity index (χ4n) is 4.28. The quantitative estimate of drug-likeness (QED) is 0.465. The van der Waals surface area contributed by atoms with Crippen molar-refractivity contribution in [3.63, 3.8) is 0 Å². The van der Waals surface area contributed by atoms with Crippen LogP contribution in [-0.4, -0.2) is 75.4 Å². The van der Waals surface area contributed by atoms with Gasteiger partial charge in [-0.25, -0.2) is 13.1 Å². The maximum atomic E-state index is 12.4. The number of nitrogens with one attached hydrogen (secondary N) is 2. The highest BCUT2D eigenvalue weighted by molar-refractivity contribution is 7.89. The van der Waals surface area contributed by atoms with Crippen LogP contribution in [0.5, 0.6) is 0 Å². The molecule has 1 aromatic carbocycles. The lowest BCUT2D eigenvalue weighted by molar-refractivity contribution is -0.128. The Morgan fingerprint density at radius 2 is 1.88 bits per heavy atom. The minimum Gasteiger partial charge on any atom is -0.394 e. The highest BCUT2D eigenvalue weighted by Crippen LogP contribution is 2.22. The van der Waals surface area contributed by atoms with Crippen LogP contribution in [0.2, 0.25) is 5.02 Å². The number of carbonyl (C=O) groups is 1. The van der Waals surface area contributed by atoms with Crippen molar-refractivity contribution in [2.45, 2.75) is 68.1 Å². The second kappa shape index (κ2) is 12.3. The maximum absolute atomic E-state index is 12.4. The molecule has 0 saturated carbocycles. The number of rotatable bonds is 10. The van der Waals surface area contributed by atoms with Crippen LogP contribution in [0.4, 0.5) is 0 Å². The molecule has 8 nitrogen and oxygen atoms in total. The normalized spacial score (nSPS) is 24.9. The summed E-state index contributed by atoms with van der Waals surface area (Å²) in [6.45, 7) is 2.91. The number of benzene rings is 1. The number of carbonyl (C=O) groups excluding carboxylic acids is 1. The van der Waals surface area contributed by atoms with Gasteiger partial charge in [0.25, 0.3) is 0 Å². The first-order valence-electron chi connectivity index (χ1n) is 11.4. The number of aliphatic hydroxyl groups is 1. The van der Waals surface area contributed by atoms with Gasteiger partial charge >= 0.3 is 0 Å². The van der Waals surface area contributed by atoms with Crippen molar-refractivity contribution < 1.29 is 23.1 Å². The van der Waals surface area contributed by atoms with Crippen LogP contribution >= 0.6 is 11.6 Å². The number of likely N-dealkylation sites (tertiary alicyclic amines) is 1. The van der Waals surface area contributed by atoms with E-state index in [-0.39, 0.29) is 36.1 Å². The van der Waals surface area contributed by atoms with Crippen LogP contribution < -0.4 is 10.0 Å². The van der Waals surface area contributed by atoms with Gasteiger partial charge < -0.3 is 20.1 Å². The second-order valence-electron chi connectivity index (χ2n) is 8.52. The van der Waals surface area contributed by atoms with E-state index in [1.165, 1.54) is 43.5 Å². The summed E-state index contributed by atoms with van der Waals surface area (Å²) >= 11 is 5.81. The lowest BCUT2D eigenvalue weighted by atomic mass is 9.97. The Morgan fingerprint density at radius 3 is 2.56 bits per heavy atom. The van der Waals surface area contributed by atoms with Gasteiger partial charge in [0.1, 0.15) is 6.10 Å². The van der Waals surface area contributed by atoms with E-state index < -0.39 is 16.1 Å². The fourth-order valence-corrected chi connectivity index (χ4v) is 5.46. The molecule has 0 unspecified atom stereocenters. The van der Waals surface area contributed by atoms with Crippen molar-refractivity contribution >= 4 is 27.5 Å². The van der Waals surface area contributed by atoms with Gasteiger partial charge in [-0.1, -0.05) is 18.0 Å². The zero-order valence-electron chi connectivity index (χ0n) is 18.3. The monoisotopic (exact) mass is 487 g/mol.